The van der Waals surface area contributed by atoms with E-state index in [9.17, 15) is 18.0 Å². The average Bonchev–Trinajstić information content (AvgIpc) is 2.54. The number of aromatic amines is 1. The standard InChI is InChI=1S/C17H12ClF3N2O2/c1-25-13-5-3-9(18)7-11(13)14-10-4-2-8(17(19,20)21)6-12(10)23-16(24)15(14)22/h2-7H,22H2,1H3,(H,23,24). The zero-order valence-electron chi connectivity index (χ0n) is 12.9. The van der Waals surface area contributed by atoms with E-state index in [0.29, 0.717) is 21.7 Å². The Bertz CT molecular complexity index is 1030. The third-order valence-corrected chi connectivity index (χ3v) is 4.04. The number of halogens is 4. The van der Waals surface area contributed by atoms with E-state index >= 15 is 0 Å². The predicted molar refractivity (Wildman–Crippen MR) is 91.0 cm³/mol. The first-order chi connectivity index (χ1) is 11.7. The molecule has 0 saturated heterocycles. The molecule has 2 aromatic carbocycles. The number of ether oxygens (including phenoxy) is 1. The summed E-state index contributed by atoms with van der Waals surface area (Å²) in [6.45, 7) is 0. The highest BCUT2D eigenvalue weighted by Gasteiger charge is 2.31. The van der Waals surface area contributed by atoms with Gasteiger partial charge >= 0.3 is 6.18 Å². The maximum Gasteiger partial charge on any atom is 0.416 e. The number of nitrogen functional groups attached to an aromatic ring is 1. The van der Waals surface area contributed by atoms with Crippen LogP contribution < -0.4 is 16.0 Å². The maximum atomic E-state index is 12.9. The Kier molecular flexibility index (Phi) is 4.12. The Morgan fingerprint density at radius 3 is 2.52 bits per heavy atom. The molecule has 25 heavy (non-hydrogen) atoms. The van der Waals surface area contributed by atoms with Crippen molar-refractivity contribution in [2.24, 2.45) is 0 Å². The molecule has 8 heteroatoms. The van der Waals surface area contributed by atoms with Gasteiger partial charge in [-0.2, -0.15) is 13.2 Å². The van der Waals surface area contributed by atoms with Crippen LogP contribution in [0.15, 0.2) is 41.2 Å². The number of fused-ring (bicyclic) bond motifs is 1. The lowest BCUT2D eigenvalue weighted by atomic mass is 9.97. The number of aromatic nitrogens is 1. The van der Waals surface area contributed by atoms with E-state index in [1.54, 1.807) is 18.2 Å². The predicted octanol–water partition coefficient (Wildman–Crippen LogP) is 4.46. The van der Waals surface area contributed by atoms with Crippen LogP contribution in [0.1, 0.15) is 5.56 Å². The molecule has 4 nitrogen and oxygen atoms in total. The van der Waals surface area contributed by atoms with Crippen molar-refractivity contribution in [2.45, 2.75) is 6.18 Å². The third kappa shape index (κ3) is 3.02. The van der Waals surface area contributed by atoms with Crippen LogP contribution >= 0.6 is 11.6 Å². The second kappa shape index (κ2) is 6.00. The molecule has 0 radical (unpaired) electrons. The minimum Gasteiger partial charge on any atom is -0.496 e. The van der Waals surface area contributed by atoms with Gasteiger partial charge in [0.05, 0.1) is 12.7 Å². The van der Waals surface area contributed by atoms with Crippen LogP contribution in [-0.2, 0) is 6.18 Å². The summed E-state index contributed by atoms with van der Waals surface area (Å²) in [6.07, 6.45) is -4.53. The van der Waals surface area contributed by atoms with Gasteiger partial charge in [-0.3, -0.25) is 4.79 Å². The Morgan fingerprint density at radius 2 is 1.88 bits per heavy atom. The van der Waals surface area contributed by atoms with Crippen LogP contribution in [-0.4, -0.2) is 12.1 Å². The van der Waals surface area contributed by atoms with E-state index < -0.39 is 17.3 Å². The second-order valence-corrected chi connectivity index (χ2v) is 5.78. The highest BCUT2D eigenvalue weighted by Crippen LogP contribution is 2.40. The molecule has 0 fully saturated rings. The van der Waals surface area contributed by atoms with Crippen molar-refractivity contribution in [3.63, 3.8) is 0 Å². The summed E-state index contributed by atoms with van der Waals surface area (Å²) in [6, 6.07) is 7.80. The van der Waals surface area contributed by atoms with Crippen LogP contribution in [0, 0.1) is 0 Å². The van der Waals surface area contributed by atoms with Crippen molar-refractivity contribution in [3.05, 3.63) is 57.3 Å². The Hall–Kier alpha value is -2.67. The Labute approximate surface area is 145 Å². The maximum absolute atomic E-state index is 12.9. The second-order valence-electron chi connectivity index (χ2n) is 5.35. The van der Waals surface area contributed by atoms with Gasteiger partial charge in [0.1, 0.15) is 11.4 Å². The number of benzene rings is 2. The van der Waals surface area contributed by atoms with E-state index in [-0.39, 0.29) is 16.8 Å². The number of hydrogen-bond donors (Lipinski definition) is 2. The number of pyridine rings is 1. The molecule has 3 N–H and O–H groups in total. The summed E-state index contributed by atoms with van der Waals surface area (Å²) in [5.41, 5.74) is 4.93. The Morgan fingerprint density at radius 1 is 1.16 bits per heavy atom. The van der Waals surface area contributed by atoms with E-state index in [1.807, 2.05) is 0 Å². The summed E-state index contributed by atoms with van der Waals surface area (Å²) >= 11 is 6.02. The van der Waals surface area contributed by atoms with Crippen LogP contribution in [0.5, 0.6) is 5.75 Å². The minimum absolute atomic E-state index is 0.0195. The minimum atomic E-state index is -4.53. The number of hydrogen-bond acceptors (Lipinski definition) is 3. The van der Waals surface area contributed by atoms with E-state index in [4.69, 9.17) is 22.1 Å². The zero-order chi connectivity index (χ0) is 18.4. The molecule has 1 heterocycles. The summed E-state index contributed by atoms with van der Waals surface area (Å²) in [4.78, 5) is 14.5. The molecule has 0 aliphatic heterocycles. The monoisotopic (exact) mass is 368 g/mol. The van der Waals surface area contributed by atoms with Gasteiger partial charge in [0.25, 0.3) is 5.56 Å². The third-order valence-electron chi connectivity index (χ3n) is 3.81. The molecule has 0 amide bonds. The highest BCUT2D eigenvalue weighted by molar-refractivity contribution is 6.31. The summed E-state index contributed by atoms with van der Waals surface area (Å²) < 4.78 is 44.1. The number of anilines is 1. The molecule has 0 atom stereocenters. The van der Waals surface area contributed by atoms with Crippen molar-refractivity contribution in [1.82, 2.24) is 4.98 Å². The van der Waals surface area contributed by atoms with Gasteiger partial charge in [0.15, 0.2) is 0 Å². The van der Waals surface area contributed by atoms with Crippen LogP contribution in [0.25, 0.3) is 22.0 Å². The molecule has 0 saturated carbocycles. The highest BCUT2D eigenvalue weighted by atomic mass is 35.5. The Balaban J connectivity index is 2.41. The average molecular weight is 369 g/mol. The topological polar surface area (TPSA) is 68.1 Å². The number of alkyl halides is 3. The largest absolute Gasteiger partial charge is 0.496 e. The lowest BCUT2D eigenvalue weighted by Crippen LogP contribution is -2.14. The van der Waals surface area contributed by atoms with Gasteiger partial charge in [0, 0.05) is 27.1 Å². The molecule has 0 unspecified atom stereocenters. The van der Waals surface area contributed by atoms with E-state index in [1.165, 1.54) is 13.2 Å². The lowest BCUT2D eigenvalue weighted by Gasteiger charge is -2.15. The van der Waals surface area contributed by atoms with Gasteiger partial charge in [-0.15, -0.1) is 0 Å². The molecular formula is C17H12ClF3N2O2. The number of methoxy groups -OCH3 is 1. The van der Waals surface area contributed by atoms with Gasteiger partial charge in [0.2, 0.25) is 0 Å². The van der Waals surface area contributed by atoms with Gasteiger partial charge in [-0.1, -0.05) is 17.7 Å². The molecular weight excluding hydrogens is 357 g/mol. The fourth-order valence-electron chi connectivity index (χ4n) is 2.66. The molecule has 3 rings (SSSR count). The smallest absolute Gasteiger partial charge is 0.416 e. The first-order valence-corrected chi connectivity index (χ1v) is 7.47. The van der Waals surface area contributed by atoms with Gasteiger partial charge < -0.3 is 15.5 Å². The van der Waals surface area contributed by atoms with Crippen LogP contribution in [0.4, 0.5) is 18.9 Å². The van der Waals surface area contributed by atoms with Crippen molar-refractivity contribution < 1.29 is 17.9 Å². The fraction of sp³-hybridized carbons (Fsp3) is 0.118. The SMILES string of the molecule is COc1ccc(Cl)cc1-c1c(N)c(=O)[nH]c2cc(C(F)(F)F)ccc12. The van der Waals surface area contributed by atoms with Crippen molar-refractivity contribution in [2.75, 3.05) is 12.8 Å². The van der Waals surface area contributed by atoms with Crippen molar-refractivity contribution in [3.8, 4) is 16.9 Å². The number of H-pyrrole nitrogens is 1. The summed E-state index contributed by atoms with van der Waals surface area (Å²) in [7, 11) is 1.43. The number of nitrogens with two attached hydrogens (primary N) is 1. The molecule has 1 aromatic heterocycles. The van der Waals surface area contributed by atoms with E-state index in [0.717, 1.165) is 12.1 Å². The van der Waals surface area contributed by atoms with Gasteiger partial charge in [-0.25, -0.2) is 0 Å². The molecule has 3 aromatic rings. The zero-order valence-corrected chi connectivity index (χ0v) is 13.6. The molecule has 0 aliphatic carbocycles. The van der Waals surface area contributed by atoms with Gasteiger partial charge in [-0.05, 0) is 30.3 Å². The van der Waals surface area contributed by atoms with E-state index in [2.05, 4.69) is 4.98 Å². The number of nitrogens with one attached hydrogen (secondary N) is 1. The van der Waals surface area contributed by atoms with Crippen molar-refractivity contribution >= 4 is 28.2 Å². The lowest BCUT2D eigenvalue weighted by molar-refractivity contribution is -0.137. The molecule has 0 bridgehead atoms. The van der Waals surface area contributed by atoms with Crippen LogP contribution in [0.2, 0.25) is 5.02 Å². The normalized spacial score (nSPS) is 11.7. The summed E-state index contributed by atoms with van der Waals surface area (Å²) in [5, 5.41) is 0.723. The molecule has 0 spiro atoms. The quantitative estimate of drug-likeness (QED) is 0.701. The fourth-order valence-corrected chi connectivity index (χ4v) is 2.83. The summed E-state index contributed by atoms with van der Waals surface area (Å²) in [5.74, 6) is 0.392. The van der Waals surface area contributed by atoms with Crippen molar-refractivity contribution in [1.29, 1.82) is 0 Å². The molecule has 0 aliphatic rings. The number of rotatable bonds is 2. The van der Waals surface area contributed by atoms with Crippen LogP contribution in [0.3, 0.4) is 0 Å². The molecule has 130 valence electrons. The first-order valence-electron chi connectivity index (χ1n) is 7.09. The first kappa shape index (κ1) is 17.2.